The van der Waals surface area contributed by atoms with Gasteiger partial charge in [0.2, 0.25) is 0 Å². The van der Waals surface area contributed by atoms with Gasteiger partial charge < -0.3 is 19.7 Å². The van der Waals surface area contributed by atoms with Crippen LogP contribution in [0.1, 0.15) is 37.8 Å². The molecule has 3 aromatic rings. The predicted molar refractivity (Wildman–Crippen MR) is 148 cm³/mol. The fraction of sp³-hybridized carbons (Fsp3) is 0.345. The second-order valence-corrected chi connectivity index (χ2v) is 9.16. The number of carbonyl (C=O) groups excluding carboxylic acids is 2. The molecule has 2 aromatic heterocycles. The van der Waals surface area contributed by atoms with E-state index < -0.39 is 11.5 Å². The van der Waals surface area contributed by atoms with Crippen molar-refractivity contribution in [3.63, 3.8) is 0 Å². The van der Waals surface area contributed by atoms with Crippen LogP contribution in [0.5, 0.6) is 5.75 Å². The lowest BCUT2D eigenvalue weighted by Gasteiger charge is -2.33. The molecule has 0 radical (unpaired) electrons. The Kier molecular flexibility index (Phi) is 8.61. The Morgan fingerprint density at radius 1 is 1.21 bits per heavy atom. The van der Waals surface area contributed by atoms with Gasteiger partial charge in [0, 0.05) is 25.0 Å². The van der Waals surface area contributed by atoms with E-state index in [0.29, 0.717) is 55.4 Å². The number of benzene rings is 1. The minimum Gasteiger partial charge on any atom is -0.494 e. The van der Waals surface area contributed by atoms with Crippen LogP contribution < -0.4 is 20.5 Å². The van der Waals surface area contributed by atoms with E-state index in [2.05, 4.69) is 5.32 Å². The molecule has 1 aliphatic rings. The van der Waals surface area contributed by atoms with Gasteiger partial charge in [-0.25, -0.2) is 4.98 Å². The SMILES string of the molecule is CCOC(=O)[C@H]1CCCN(c2nc3c(C)cccn3c(=O)c2/C=C(\C#N)C(=O)Nc2ccc(OCC)cc2)C1. The summed E-state index contributed by atoms with van der Waals surface area (Å²) in [5, 5.41) is 12.6. The topological polar surface area (TPSA) is 126 Å². The molecule has 10 heteroatoms. The lowest BCUT2D eigenvalue weighted by atomic mass is 9.97. The van der Waals surface area contributed by atoms with Crippen LogP contribution in [0.15, 0.2) is 53.0 Å². The van der Waals surface area contributed by atoms with Gasteiger partial charge in [-0.15, -0.1) is 0 Å². The van der Waals surface area contributed by atoms with Crippen LogP contribution in [0, 0.1) is 24.2 Å². The van der Waals surface area contributed by atoms with Crippen molar-refractivity contribution in [3.05, 3.63) is 69.6 Å². The number of ether oxygens (including phenoxy) is 2. The molecule has 3 heterocycles. The number of nitriles is 1. The van der Waals surface area contributed by atoms with Crippen LogP contribution in [0.25, 0.3) is 11.7 Å². The smallest absolute Gasteiger partial charge is 0.310 e. The third-order valence-corrected chi connectivity index (χ3v) is 6.48. The molecule has 4 rings (SSSR count). The quantitative estimate of drug-likeness (QED) is 0.266. The monoisotopic (exact) mass is 529 g/mol. The number of piperidine rings is 1. The highest BCUT2D eigenvalue weighted by molar-refractivity contribution is 6.10. The first-order chi connectivity index (χ1) is 18.9. The molecule has 1 saturated heterocycles. The molecule has 1 fully saturated rings. The zero-order chi connectivity index (χ0) is 27.9. The number of nitrogens with one attached hydrogen (secondary N) is 1. The number of esters is 1. The number of nitrogens with zero attached hydrogens (tertiary/aromatic N) is 4. The maximum absolute atomic E-state index is 13.7. The number of aromatic nitrogens is 2. The standard InChI is InChI=1S/C29H31N5O5/c1-4-38-23-12-10-22(11-13-23)31-27(35)21(17-30)16-24-26(32-25-19(3)8-6-15-34(25)28(24)36)33-14-7-9-20(18-33)29(37)39-5-2/h6,8,10-13,15-16,20H,4-5,7,9,14,18H2,1-3H3,(H,31,35)/b21-16+/t20-/m0/s1. The second kappa shape index (κ2) is 12.3. The number of aryl methyl sites for hydroxylation is 1. The highest BCUT2D eigenvalue weighted by Crippen LogP contribution is 2.27. The van der Waals surface area contributed by atoms with Gasteiger partial charge in [-0.3, -0.25) is 18.8 Å². The van der Waals surface area contributed by atoms with E-state index >= 15 is 0 Å². The van der Waals surface area contributed by atoms with Crippen molar-refractivity contribution in [1.29, 1.82) is 5.26 Å². The molecule has 39 heavy (non-hydrogen) atoms. The third-order valence-electron chi connectivity index (χ3n) is 6.48. The van der Waals surface area contributed by atoms with E-state index in [1.54, 1.807) is 43.5 Å². The van der Waals surface area contributed by atoms with Crippen LogP contribution in [0.3, 0.4) is 0 Å². The number of anilines is 2. The fourth-order valence-electron chi connectivity index (χ4n) is 4.58. The Labute approximate surface area is 226 Å². The summed E-state index contributed by atoms with van der Waals surface area (Å²) in [4.78, 5) is 45.9. The summed E-state index contributed by atoms with van der Waals surface area (Å²) in [5.41, 5.74) is 1.15. The summed E-state index contributed by atoms with van der Waals surface area (Å²) >= 11 is 0. The van der Waals surface area contributed by atoms with Crippen molar-refractivity contribution >= 4 is 35.1 Å². The van der Waals surface area contributed by atoms with E-state index in [9.17, 15) is 19.6 Å². The molecule has 0 aliphatic carbocycles. The minimum atomic E-state index is -0.663. The van der Waals surface area contributed by atoms with Gasteiger partial charge in [-0.1, -0.05) is 6.07 Å². The molecule has 0 unspecified atom stereocenters. The number of rotatable bonds is 8. The summed E-state index contributed by atoms with van der Waals surface area (Å²) < 4.78 is 12.1. The molecule has 0 spiro atoms. The van der Waals surface area contributed by atoms with E-state index in [-0.39, 0.29) is 29.6 Å². The Bertz CT molecular complexity index is 1500. The van der Waals surface area contributed by atoms with Crippen molar-refractivity contribution in [2.24, 2.45) is 5.92 Å². The van der Waals surface area contributed by atoms with Crippen molar-refractivity contribution in [3.8, 4) is 11.8 Å². The van der Waals surface area contributed by atoms with E-state index in [0.717, 1.165) is 5.56 Å². The lowest BCUT2D eigenvalue weighted by Crippen LogP contribution is -2.41. The molecule has 1 aliphatic heterocycles. The van der Waals surface area contributed by atoms with Crippen molar-refractivity contribution in [1.82, 2.24) is 9.38 Å². The first kappa shape index (κ1) is 27.4. The number of pyridine rings is 1. The molecule has 1 N–H and O–H groups in total. The largest absolute Gasteiger partial charge is 0.494 e. The summed E-state index contributed by atoms with van der Waals surface area (Å²) in [6.07, 6.45) is 4.24. The fourth-order valence-corrected chi connectivity index (χ4v) is 4.58. The van der Waals surface area contributed by atoms with Gasteiger partial charge in [0.1, 0.15) is 28.9 Å². The highest BCUT2D eigenvalue weighted by Gasteiger charge is 2.30. The Hall–Kier alpha value is -4.65. The van der Waals surface area contributed by atoms with Crippen LogP contribution in [0.2, 0.25) is 0 Å². The van der Waals surface area contributed by atoms with E-state index in [4.69, 9.17) is 14.5 Å². The molecule has 0 saturated carbocycles. The Balaban J connectivity index is 1.75. The van der Waals surface area contributed by atoms with Crippen LogP contribution >= 0.6 is 0 Å². The van der Waals surface area contributed by atoms with Gasteiger partial charge in [-0.2, -0.15) is 5.26 Å². The molecule has 10 nitrogen and oxygen atoms in total. The van der Waals surface area contributed by atoms with Crippen LogP contribution in [-0.4, -0.2) is 47.6 Å². The Morgan fingerprint density at radius 2 is 1.97 bits per heavy atom. The van der Waals surface area contributed by atoms with E-state index in [1.165, 1.54) is 10.5 Å². The zero-order valence-electron chi connectivity index (χ0n) is 22.3. The van der Waals surface area contributed by atoms with Crippen molar-refractivity contribution in [2.75, 3.05) is 36.5 Å². The van der Waals surface area contributed by atoms with Crippen LogP contribution in [-0.2, 0) is 14.3 Å². The van der Waals surface area contributed by atoms with E-state index in [1.807, 2.05) is 30.9 Å². The maximum Gasteiger partial charge on any atom is 0.310 e. The van der Waals surface area contributed by atoms with Gasteiger partial charge in [-0.05, 0) is 75.6 Å². The van der Waals surface area contributed by atoms with Gasteiger partial charge in [0.25, 0.3) is 11.5 Å². The normalized spacial score (nSPS) is 15.5. The van der Waals surface area contributed by atoms with Crippen molar-refractivity contribution < 1.29 is 19.1 Å². The molecule has 202 valence electrons. The highest BCUT2D eigenvalue weighted by atomic mass is 16.5. The minimum absolute atomic E-state index is 0.0982. The summed E-state index contributed by atoms with van der Waals surface area (Å²) in [7, 11) is 0. The van der Waals surface area contributed by atoms with Gasteiger partial charge >= 0.3 is 5.97 Å². The maximum atomic E-state index is 13.7. The Morgan fingerprint density at radius 3 is 2.67 bits per heavy atom. The van der Waals surface area contributed by atoms with Gasteiger partial charge in [0.05, 0.1) is 24.7 Å². The molecule has 1 amide bonds. The molecular formula is C29H31N5O5. The first-order valence-electron chi connectivity index (χ1n) is 13.0. The van der Waals surface area contributed by atoms with Crippen molar-refractivity contribution in [2.45, 2.75) is 33.6 Å². The molecular weight excluding hydrogens is 498 g/mol. The lowest BCUT2D eigenvalue weighted by molar-refractivity contribution is -0.148. The summed E-state index contributed by atoms with van der Waals surface area (Å²) in [6, 6.07) is 12.3. The number of hydrogen-bond acceptors (Lipinski definition) is 8. The predicted octanol–water partition coefficient (Wildman–Crippen LogP) is 3.73. The first-order valence-corrected chi connectivity index (χ1v) is 13.0. The average molecular weight is 530 g/mol. The molecule has 1 aromatic carbocycles. The summed E-state index contributed by atoms with van der Waals surface area (Å²) in [5.74, 6) is -0.342. The third kappa shape index (κ3) is 6.09. The molecule has 1 atom stereocenters. The summed E-state index contributed by atoms with van der Waals surface area (Å²) in [6.45, 7) is 7.16. The zero-order valence-corrected chi connectivity index (χ0v) is 22.3. The number of amides is 1. The second-order valence-electron chi connectivity index (χ2n) is 9.16. The number of fused-ring (bicyclic) bond motifs is 1. The van der Waals surface area contributed by atoms with Gasteiger partial charge in [0.15, 0.2) is 0 Å². The van der Waals surface area contributed by atoms with Crippen LogP contribution in [0.4, 0.5) is 11.5 Å². The molecule has 0 bridgehead atoms. The number of hydrogen-bond donors (Lipinski definition) is 1. The average Bonchev–Trinajstić information content (AvgIpc) is 2.94. The number of carbonyl (C=O) groups is 2.